The highest BCUT2D eigenvalue weighted by atomic mass is 28.2. The van der Waals surface area contributed by atoms with Crippen LogP contribution >= 0.6 is 0 Å². The van der Waals surface area contributed by atoms with Crippen LogP contribution in [0.1, 0.15) is 34.1 Å². The molecule has 0 aromatic heterocycles. The van der Waals surface area contributed by atoms with Gasteiger partial charge in [0.05, 0.1) is 0 Å². The van der Waals surface area contributed by atoms with Crippen LogP contribution in [0.4, 0.5) is 0 Å². The zero-order valence-electron chi connectivity index (χ0n) is 17.2. The van der Waals surface area contributed by atoms with E-state index in [1.54, 1.807) is 14.2 Å². The lowest BCUT2D eigenvalue weighted by Crippen LogP contribution is -2.35. The first kappa shape index (κ1) is 23.4. The first-order valence-corrected chi connectivity index (χ1v) is 12.0. The maximum Gasteiger partial charge on any atom is 0.188 e. The van der Waals surface area contributed by atoms with Gasteiger partial charge in [0.15, 0.2) is 33.1 Å². The van der Waals surface area contributed by atoms with Crippen molar-refractivity contribution in [3.63, 3.8) is 0 Å². The largest absolute Gasteiger partial charge is 0.472 e. The number of hydrogen-bond acceptors (Lipinski definition) is 6. The molecular weight excluding hydrogens is 368 g/mol. The van der Waals surface area contributed by atoms with E-state index in [2.05, 4.69) is 33.8 Å². The molecule has 0 bridgehead atoms. The molecule has 0 heterocycles. The zero-order chi connectivity index (χ0) is 19.4. The van der Waals surface area contributed by atoms with Crippen LogP contribution < -0.4 is 0 Å². The normalized spacial score (nSPS) is 21.2. The van der Waals surface area contributed by atoms with Crippen molar-refractivity contribution in [2.24, 2.45) is 5.41 Å². The molecule has 0 saturated carbocycles. The summed E-state index contributed by atoms with van der Waals surface area (Å²) in [5.74, 6) is 1.55. The average molecular weight is 405 g/mol. The summed E-state index contributed by atoms with van der Waals surface area (Å²) in [5, 5.41) is 0. The molecule has 26 heavy (non-hydrogen) atoms. The maximum absolute atomic E-state index is 6.13. The van der Waals surface area contributed by atoms with Crippen molar-refractivity contribution in [3.05, 3.63) is 23.7 Å². The van der Waals surface area contributed by atoms with Crippen LogP contribution in [0.15, 0.2) is 23.7 Å². The van der Waals surface area contributed by atoms with Gasteiger partial charge in [0, 0.05) is 45.3 Å². The van der Waals surface area contributed by atoms with Crippen molar-refractivity contribution in [2.45, 2.75) is 45.2 Å². The molecule has 0 amide bonds. The summed E-state index contributed by atoms with van der Waals surface area (Å²) in [4.78, 5) is 0. The average Bonchev–Trinajstić information content (AvgIpc) is 2.57. The second-order valence-electron chi connectivity index (χ2n) is 7.62. The topological polar surface area (TPSA) is 55.4 Å². The van der Waals surface area contributed by atoms with Crippen LogP contribution in [-0.4, -0.2) is 60.5 Å². The van der Waals surface area contributed by atoms with Gasteiger partial charge in [-0.25, -0.2) is 0 Å². The number of ether oxygens (including phenoxy) is 4. The van der Waals surface area contributed by atoms with Crippen LogP contribution in [-0.2, 0) is 27.8 Å². The highest BCUT2D eigenvalue weighted by Gasteiger charge is 2.34. The molecule has 0 fully saturated rings. The quantitative estimate of drug-likeness (QED) is 0.327. The minimum absolute atomic E-state index is 0.194. The molecule has 0 radical (unpaired) electrons. The summed E-state index contributed by atoms with van der Waals surface area (Å²) in [5.41, 5.74) is 0.967. The molecule has 1 aliphatic rings. The predicted octanol–water partition coefficient (Wildman–Crippen LogP) is 2.24. The first-order chi connectivity index (χ1) is 12.4. The summed E-state index contributed by atoms with van der Waals surface area (Å²) in [6.07, 6.45) is 4.74. The van der Waals surface area contributed by atoms with Gasteiger partial charge >= 0.3 is 0 Å². The summed E-state index contributed by atoms with van der Waals surface area (Å²) in [7, 11) is 2.09. The molecule has 0 aliphatic heterocycles. The Hall–Kier alpha value is -0.646. The SMILES string of the molecule is COCOC1=CC(CO[SiH2]C(C)C)(CO[SiH2]C(C)C)CC(OCOC)=C1. The number of hydrogen-bond donors (Lipinski definition) is 0. The Morgan fingerprint density at radius 3 is 1.96 bits per heavy atom. The van der Waals surface area contributed by atoms with Gasteiger partial charge in [0.25, 0.3) is 0 Å². The Bertz CT molecular complexity index is 437. The lowest BCUT2D eigenvalue weighted by atomic mass is 9.82. The Morgan fingerprint density at radius 1 is 0.923 bits per heavy atom. The molecule has 0 N–H and O–H groups in total. The third-order valence-electron chi connectivity index (χ3n) is 3.67. The van der Waals surface area contributed by atoms with Crippen LogP contribution in [0.3, 0.4) is 0 Å². The van der Waals surface area contributed by atoms with E-state index < -0.39 is 19.5 Å². The Balaban J connectivity index is 2.92. The molecule has 0 aromatic rings. The summed E-state index contributed by atoms with van der Waals surface area (Å²) in [6, 6.07) is 0. The fourth-order valence-corrected chi connectivity index (χ4v) is 4.60. The molecule has 0 unspecified atom stereocenters. The molecular formula is C18H36O6Si2. The van der Waals surface area contributed by atoms with Gasteiger partial charge in [-0.2, -0.15) is 0 Å². The minimum atomic E-state index is -0.564. The van der Waals surface area contributed by atoms with Crippen LogP contribution in [0.25, 0.3) is 0 Å². The monoisotopic (exact) mass is 404 g/mol. The third-order valence-corrected chi connectivity index (χ3v) is 5.88. The second kappa shape index (κ2) is 12.7. The lowest BCUT2D eigenvalue weighted by Gasteiger charge is -2.35. The van der Waals surface area contributed by atoms with Crippen molar-refractivity contribution >= 4 is 19.5 Å². The highest BCUT2D eigenvalue weighted by Crippen LogP contribution is 2.36. The smallest absolute Gasteiger partial charge is 0.188 e. The first-order valence-electron chi connectivity index (χ1n) is 9.23. The van der Waals surface area contributed by atoms with Crippen molar-refractivity contribution < 1.29 is 27.8 Å². The summed E-state index contributed by atoms with van der Waals surface area (Å²) >= 11 is 0. The maximum atomic E-state index is 6.13. The lowest BCUT2D eigenvalue weighted by molar-refractivity contribution is -0.0165. The molecule has 0 saturated heterocycles. The van der Waals surface area contributed by atoms with E-state index in [1.165, 1.54) is 0 Å². The van der Waals surface area contributed by atoms with E-state index in [1.807, 2.05) is 6.08 Å². The molecule has 0 atom stereocenters. The van der Waals surface area contributed by atoms with E-state index in [0.717, 1.165) is 17.9 Å². The zero-order valence-corrected chi connectivity index (χ0v) is 20.0. The fourth-order valence-electron chi connectivity index (χ4n) is 2.61. The standard InChI is InChI=1S/C18H36O6Si2/c1-14(2)25-23-10-18(11-24-26-15(3)4)8-16(21-12-19-5)7-17(9-18)22-13-20-6/h7-8,14-15H,9-13,25-26H2,1-6H3. The predicted molar refractivity (Wildman–Crippen MR) is 108 cm³/mol. The fraction of sp³-hybridized carbons (Fsp3) is 0.778. The van der Waals surface area contributed by atoms with Crippen molar-refractivity contribution in [1.29, 1.82) is 0 Å². The number of allylic oxidation sites excluding steroid dienone is 2. The van der Waals surface area contributed by atoms with Gasteiger partial charge in [-0.05, 0) is 17.2 Å². The molecule has 6 nitrogen and oxygen atoms in total. The van der Waals surface area contributed by atoms with Crippen LogP contribution in [0, 0.1) is 5.41 Å². The third kappa shape index (κ3) is 9.34. The van der Waals surface area contributed by atoms with E-state index in [4.69, 9.17) is 27.8 Å². The van der Waals surface area contributed by atoms with E-state index in [9.17, 15) is 0 Å². The molecule has 152 valence electrons. The van der Waals surface area contributed by atoms with E-state index in [0.29, 0.717) is 24.3 Å². The molecule has 1 rings (SSSR count). The summed E-state index contributed by atoms with van der Waals surface area (Å²) in [6.45, 7) is 10.5. The highest BCUT2D eigenvalue weighted by molar-refractivity contribution is 6.29. The Morgan fingerprint density at radius 2 is 1.46 bits per heavy atom. The van der Waals surface area contributed by atoms with Gasteiger partial charge in [0.1, 0.15) is 11.5 Å². The Kier molecular flexibility index (Phi) is 11.4. The Labute approximate surface area is 163 Å². The molecule has 0 spiro atoms. The van der Waals surface area contributed by atoms with E-state index in [-0.39, 0.29) is 19.0 Å². The molecule has 1 aliphatic carbocycles. The van der Waals surface area contributed by atoms with Gasteiger partial charge in [0.2, 0.25) is 0 Å². The van der Waals surface area contributed by atoms with E-state index >= 15 is 0 Å². The van der Waals surface area contributed by atoms with Crippen LogP contribution in [0.2, 0.25) is 11.1 Å². The summed E-state index contributed by atoms with van der Waals surface area (Å²) < 4.78 is 33.8. The van der Waals surface area contributed by atoms with Gasteiger partial charge in [-0.15, -0.1) is 0 Å². The van der Waals surface area contributed by atoms with Crippen molar-refractivity contribution in [2.75, 3.05) is 41.0 Å². The molecule has 8 heteroatoms. The van der Waals surface area contributed by atoms with Crippen molar-refractivity contribution in [1.82, 2.24) is 0 Å². The van der Waals surface area contributed by atoms with Gasteiger partial charge in [-0.3, -0.25) is 0 Å². The number of rotatable bonds is 14. The van der Waals surface area contributed by atoms with Crippen LogP contribution in [0.5, 0.6) is 0 Å². The molecule has 0 aromatic carbocycles. The second-order valence-corrected chi connectivity index (χ2v) is 12.4. The van der Waals surface area contributed by atoms with Crippen molar-refractivity contribution in [3.8, 4) is 0 Å². The number of methoxy groups -OCH3 is 2. The minimum Gasteiger partial charge on any atom is -0.472 e. The van der Waals surface area contributed by atoms with Gasteiger partial charge in [-0.1, -0.05) is 27.7 Å². The van der Waals surface area contributed by atoms with Gasteiger partial charge < -0.3 is 27.8 Å².